The van der Waals surface area contributed by atoms with Gasteiger partial charge >= 0.3 is 0 Å². The van der Waals surface area contributed by atoms with Crippen LogP contribution in [0.1, 0.15) is 13.8 Å². The zero-order valence-electron chi connectivity index (χ0n) is 15.4. The maximum absolute atomic E-state index is 12.5. The Bertz CT molecular complexity index is 944. The summed E-state index contributed by atoms with van der Waals surface area (Å²) in [5.41, 5.74) is 2.94. The van der Waals surface area contributed by atoms with Crippen LogP contribution in [0.25, 0.3) is 21.2 Å². The summed E-state index contributed by atoms with van der Waals surface area (Å²) in [6, 6.07) is 8.37. The molecule has 0 radical (unpaired) electrons. The van der Waals surface area contributed by atoms with Crippen LogP contribution in [0.15, 0.2) is 42.2 Å². The number of morpholine rings is 1. The summed E-state index contributed by atoms with van der Waals surface area (Å²) < 4.78 is 5.62. The summed E-state index contributed by atoms with van der Waals surface area (Å²) in [6.07, 6.45) is 3.80. The van der Waals surface area contributed by atoms with Gasteiger partial charge in [-0.1, -0.05) is 12.1 Å². The summed E-state index contributed by atoms with van der Waals surface area (Å²) >= 11 is 1.61. The van der Waals surface area contributed by atoms with Gasteiger partial charge in [0.05, 0.1) is 29.6 Å². The summed E-state index contributed by atoms with van der Waals surface area (Å²) in [4.78, 5) is 24.3. The third-order valence-corrected chi connectivity index (χ3v) is 5.61. The van der Waals surface area contributed by atoms with Gasteiger partial charge in [0, 0.05) is 30.4 Å². The molecule has 7 heteroatoms. The Hall–Kier alpha value is -2.35. The number of anilines is 1. The third kappa shape index (κ3) is 4.16. The number of aromatic nitrogens is 2. The molecular formula is C20H22N4O2S. The molecule has 6 nitrogen and oxygen atoms in total. The second kappa shape index (κ2) is 7.72. The summed E-state index contributed by atoms with van der Waals surface area (Å²) in [7, 11) is 0. The number of carbonyl (C=O) groups is 1. The second-order valence-corrected chi connectivity index (χ2v) is 7.85. The smallest absolute Gasteiger partial charge is 0.239 e. The van der Waals surface area contributed by atoms with Gasteiger partial charge in [-0.05, 0) is 36.9 Å². The molecule has 27 heavy (non-hydrogen) atoms. The first kappa shape index (κ1) is 18.0. The molecule has 0 bridgehead atoms. The zero-order chi connectivity index (χ0) is 18.8. The third-order valence-electron chi connectivity index (χ3n) is 4.79. The van der Waals surface area contributed by atoms with Gasteiger partial charge in [0.25, 0.3) is 0 Å². The molecule has 1 N–H and O–H groups in total. The Balaban J connectivity index is 1.49. The highest BCUT2D eigenvalue weighted by Gasteiger charge is 2.25. The van der Waals surface area contributed by atoms with E-state index < -0.39 is 0 Å². The summed E-state index contributed by atoms with van der Waals surface area (Å²) in [6.45, 7) is 5.87. The Morgan fingerprint density at radius 2 is 2.19 bits per heavy atom. The highest BCUT2D eigenvalue weighted by atomic mass is 32.1. The first-order valence-electron chi connectivity index (χ1n) is 9.02. The van der Waals surface area contributed by atoms with Crippen LogP contribution in [0.4, 0.5) is 5.82 Å². The van der Waals surface area contributed by atoms with E-state index in [4.69, 9.17) is 4.74 Å². The van der Waals surface area contributed by atoms with Crippen molar-refractivity contribution in [3.8, 4) is 10.4 Å². The molecule has 4 rings (SSSR count). The number of benzene rings is 1. The van der Waals surface area contributed by atoms with Crippen molar-refractivity contribution in [1.29, 1.82) is 0 Å². The van der Waals surface area contributed by atoms with Crippen molar-refractivity contribution in [2.24, 2.45) is 0 Å². The van der Waals surface area contributed by atoms with E-state index >= 15 is 0 Å². The second-order valence-electron chi connectivity index (χ2n) is 6.97. The number of carbonyl (C=O) groups excluding carboxylic acids is 1. The van der Waals surface area contributed by atoms with Gasteiger partial charge in [-0.15, -0.1) is 11.3 Å². The minimum absolute atomic E-state index is 0.0542. The van der Waals surface area contributed by atoms with Crippen molar-refractivity contribution in [3.63, 3.8) is 0 Å². The SMILES string of the molecule is C[C@@H]1CN(CC(=O)Nc2cc3cc(-c4cncs4)ccc3cn2)[C@H](C)CO1. The molecule has 1 aliphatic heterocycles. The lowest BCUT2D eigenvalue weighted by Crippen LogP contribution is -2.50. The van der Waals surface area contributed by atoms with Crippen LogP contribution in [-0.4, -0.2) is 52.6 Å². The van der Waals surface area contributed by atoms with Crippen LogP contribution in [0.2, 0.25) is 0 Å². The van der Waals surface area contributed by atoms with Gasteiger partial charge in [0.1, 0.15) is 5.82 Å². The summed E-state index contributed by atoms with van der Waals surface area (Å²) in [5, 5.41) is 5.01. The summed E-state index contributed by atoms with van der Waals surface area (Å²) in [5.74, 6) is 0.518. The van der Waals surface area contributed by atoms with Crippen molar-refractivity contribution in [2.45, 2.75) is 26.0 Å². The van der Waals surface area contributed by atoms with E-state index in [1.54, 1.807) is 17.5 Å². The molecule has 140 valence electrons. The van der Waals surface area contributed by atoms with Gasteiger partial charge in [0.15, 0.2) is 0 Å². The van der Waals surface area contributed by atoms with E-state index in [0.717, 1.165) is 27.8 Å². The predicted molar refractivity (Wildman–Crippen MR) is 108 cm³/mol. The van der Waals surface area contributed by atoms with Gasteiger partial charge in [-0.2, -0.15) is 0 Å². The van der Waals surface area contributed by atoms with Gasteiger partial charge in [0.2, 0.25) is 5.91 Å². The molecule has 3 heterocycles. The number of nitrogens with zero attached hydrogens (tertiary/aromatic N) is 3. The molecule has 1 amide bonds. The number of fused-ring (bicyclic) bond motifs is 1. The zero-order valence-corrected chi connectivity index (χ0v) is 16.2. The lowest BCUT2D eigenvalue weighted by molar-refractivity contribution is -0.121. The monoisotopic (exact) mass is 382 g/mol. The molecule has 1 saturated heterocycles. The lowest BCUT2D eigenvalue weighted by atomic mass is 10.1. The highest BCUT2D eigenvalue weighted by Crippen LogP contribution is 2.27. The average molecular weight is 382 g/mol. The van der Waals surface area contributed by atoms with E-state index in [2.05, 4.69) is 39.2 Å². The van der Waals surface area contributed by atoms with Gasteiger partial charge in [-0.3, -0.25) is 14.7 Å². The standard InChI is InChI=1S/C20H22N4O2S/c1-13-11-26-14(2)9-24(13)10-20(25)23-19-6-17-5-15(18-8-21-12-27-18)3-4-16(17)7-22-19/h3-8,12-14H,9-11H2,1-2H3,(H,22,23,25)/t13-,14-/m1/s1. The van der Waals surface area contributed by atoms with E-state index in [0.29, 0.717) is 19.0 Å². The van der Waals surface area contributed by atoms with Crippen molar-refractivity contribution < 1.29 is 9.53 Å². The largest absolute Gasteiger partial charge is 0.376 e. The normalized spacial score (nSPS) is 20.7. The fourth-order valence-corrected chi connectivity index (χ4v) is 3.90. The Labute approximate surface area is 162 Å². The number of amides is 1. The fraction of sp³-hybridized carbons (Fsp3) is 0.350. The van der Waals surface area contributed by atoms with Gasteiger partial charge < -0.3 is 10.1 Å². The van der Waals surface area contributed by atoms with Crippen LogP contribution < -0.4 is 5.32 Å². The molecular weight excluding hydrogens is 360 g/mol. The van der Waals surface area contributed by atoms with E-state index in [-0.39, 0.29) is 18.1 Å². The first-order valence-corrected chi connectivity index (χ1v) is 9.90. The molecule has 2 aromatic heterocycles. The molecule has 1 aliphatic rings. The Kier molecular flexibility index (Phi) is 5.15. The van der Waals surface area contributed by atoms with Crippen LogP contribution in [0.3, 0.4) is 0 Å². The highest BCUT2D eigenvalue weighted by molar-refractivity contribution is 7.13. The number of nitrogens with one attached hydrogen (secondary N) is 1. The van der Waals surface area contributed by atoms with Crippen molar-refractivity contribution in [1.82, 2.24) is 14.9 Å². The predicted octanol–water partition coefficient (Wildman–Crippen LogP) is 3.41. The topological polar surface area (TPSA) is 67.4 Å². The van der Waals surface area contributed by atoms with Crippen LogP contribution in [-0.2, 0) is 9.53 Å². The Morgan fingerprint density at radius 3 is 3.00 bits per heavy atom. The minimum Gasteiger partial charge on any atom is -0.376 e. The van der Waals surface area contributed by atoms with Crippen molar-refractivity contribution in [2.75, 3.05) is 25.0 Å². The number of hydrogen-bond donors (Lipinski definition) is 1. The fourth-order valence-electron chi connectivity index (χ4n) is 3.28. The number of pyridine rings is 1. The van der Waals surface area contributed by atoms with Crippen molar-refractivity contribution >= 4 is 33.8 Å². The van der Waals surface area contributed by atoms with Crippen molar-refractivity contribution in [3.05, 3.63) is 42.2 Å². The first-order chi connectivity index (χ1) is 13.1. The molecule has 0 spiro atoms. The molecule has 0 unspecified atom stereocenters. The molecule has 0 aliphatic carbocycles. The quantitative estimate of drug-likeness (QED) is 0.749. The molecule has 3 aromatic rings. The van der Waals surface area contributed by atoms with Crippen LogP contribution in [0, 0.1) is 0 Å². The van der Waals surface area contributed by atoms with E-state index in [9.17, 15) is 4.79 Å². The minimum atomic E-state index is -0.0542. The number of ether oxygens (including phenoxy) is 1. The maximum Gasteiger partial charge on any atom is 0.239 e. The molecule has 1 aromatic carbocycles. The van der Waals surface area contributed by atoms with E-state index in [1.807, 2.05) is 30.8 Å². The lowest BCUT2D eigenvalue weighted by Gasteiger charge is -2.36. The maximum atomic E-state index is 12.5. The van der Waals surface area contributed by atoms with Crippen LogP contribution in [0.5, 0.6) is 0 Å². The Morgan fingerprint density at radius 1 is 1.30 bits per heavy atom. The average Bonchev–Trinajstić information content (AvgIpc) is 3.19. The van der Waals surface area contributed by atoms with Crippen LogP contribution >= 0.6 is 11.3 Å². The van der Waals surface area contributed by atoms with Gasteiger partial charge in [-0.25, -0.2) is 4.98 Å². The number of rotatable bonds is 4. The number of hydrogen-bond acceptors (Lipinski definition) is 6. The van der Waals surface area contributed by atoms with E-state index in [1.165, 1.54) is 0 Å². The molecule has 1 fully saturated rings. The number of thiazole rings is 1. The molecule has 2 atom stereocenters. The molecule has 0 saturated carbocycles.